The number of rotatable bonds is 7. The summed E-state index contributed by atoms with van der Waals surface area (Å²) in [6.45, 7) is 2.69. The smallest absolute Gasteiger partial charge is 0.319 e. The lowest BCUT2D eigenvalue weighted by Crippen LogP contribution is -2.55. The first-order valence-corrected chi connectivity index (χ1v) is 8.68. The van der Waals surface area contributed by atoms with Crippen molar-refractivity contribution in [1.82, 2.24) is 20.0 Å². The number of carbonyl (C=O) groups is 2. The van der Waals surface area contributed by atoms with Crippen LogP contribution in [0.5, 0.6) is 0 Å². The van der Waals surface area contributed by atoms with E-state index in [9.17, 15) is 9.59 Å². The van der Waals surface area contributed by atoms with E-state index in [0.29, 0.717) is 12.2 Å². The minimum Gasteiger partial charge on any atom is -0.480 e. The van der Waals surface area contributed by atoms with Gasteiger partial charge < -0.3 is 15.7 Å². The number of anilines is 1. The Bertz CT molecular complexity index is 739. The number of nitrogens with one attached hydrogen (secondary N) is 2. The zero-order valence-electron chi connectivity index (χ0n) is 14.6. The van der Waals surface area contributed by atoms with Crippen LogP contribution in [0.15, 0.2) is 42.7 Å². The Morgan fingerprint density at radius 1 is 1.31 bits per heavy atom. The quantitative estimate of drug-likeness (QED) is 0.703. The first kappa shape index (κ1) is 17.9. The Morgan fingerprint density at radius 2 is 2.04 bits per heavy atom. The molecular weight excluding hydrogens is 334 g/mol. The van der Waals surface area contributed by atoms with Gasteiger partial charge in [-0.2, -0.15) is 5.10 Å². The summed E-state index contributed by atoms with van der Waals surface area (Å²) in [6.07, 6.45) is 5.10. The fourth-order valence-corrected chi connectivity index (χ4v) is 3.15. The molecule has 0 unspecified atom stereocenters. The molecule has 1 saturated carbocycles. The van der Waals surface area contributed by atoms with Crippen LogP contribution in [0.1, 0.15) is 19.8 Å². The van der Waals surface area contributed by atoms with Gasteiger partial charge in [0.25, 0.3) is 0 Å². The summed E-state index contributed by atoms with van der Waals surface area (Å²) >= 11 is 0. The molecule has 1 fully saturated rings. The van der Waals surface area contributed by atoms with Crippen LogP contribution in [-0.2, 0) is 4.79 Å². The van der Waals surface area contributed by atoms with Crippen LogP contribution in [0, 0.1) is 0 Å². The highest BCUT2D eigenvalue weighted by Crippen LogP contribution is 2.25. The number of nitrogens with zero attached hydrogens (tertiary/aromatic N) is 3. The molecule has 2 amide bonds. The van der Waals surface area contributed by atoms with E-state index in [1.165, 1.54) is 0 Å². The fourth-order valence-electron chi connectivity index (χ4n) is 3.15. The van der Waals surface area contributed by atoms with Crippen LogP contribution < -0.4 is 10.6 Å². The Labute approximate surface area is 151 Å². The predicted octanol–water partition coefficient (Wildman–Crippen LogP) is 1.93. The van der Waals surface area contributed by atoms with Crippen LogP contribution in [0.4, 0.5) is 10.5 Å². The molecule has 1 aliphatic rings. The lowest BCUT2D eigenvalue weighted by atomic mass is 9.85. The molecule has 1 aromatic heterocycles. The maximum Gasteiger partial charge on any atom is 0.319 e. The van der Waals surface area contributed by atoms with E-state index < -0.39 is 5.97 Å². The van der Waals surface area contributed by atoms with Crippen molar-refractivity contribution in [3.63, 3.8) is 0 Å². The molecule has 0 atom stereocenters. The Kier molecular flexibility index (Phi) is 5.52. The molecule has 0 bridgehead atoms. The minimum absolute atomic E-state index is 0.0443. The molecule has 1 aliphatic carbocycles. The Balaban J connectivity index is 1.44. The second-order valence-electron chi connectivity index (χ2n) is 6.37. The van der Waals surface area contributed by atoms with E-state index in [1.807, 2.05) is 48.4 Å². The van der Waals surface area contributed by atoms with Gasteiger partial charge >= 0.3 is 12.0 Å². The lowest BCUT2D eigenvalue weighted by molar-refractivity contribution is -0.139. The standard InChI is InChI=1S/C18H23N5O3/c1-2-22(12-17(24)25)16-10-14(11-16)21-18(26)20-13-4-6-15(7-5-13)23-9-3-8-19-23/h3-9,14,16H,2,10-12H2,1H3,(H,24,25)(H2,20,21,26). The zero-order valence-corrected chi connectivity index (χ0v) is 14.6. The van der Waals surface area contributed by atoms with Crippen molar-refractivity contribution in [3.05, 3.63) is 42.7 Å². The average molecular weight is 357 g/mol. The highest BCUT2D eigenvalue weighted by atomic mass is 16.4. The summed E-state index contributed by atoms with van der Waals surface area (Å²) in [5.41, 5.74) is 1.62. The SMILES string of the molecule is CCN(CC(=O)O)C1CC(NC(=O)Nc2ccc(-n3cccn3)cc2)C1. The van der Waals surface area contributed by atoms with Crippen molar-refractivity contribution in [3.8, 4) is 5.69 Å². The normalized spacial score (nSPS) is 19.0. The summed E-state index contributed by atoms with van der Waals surface area (Å²) in [4.78, 5) is 24.9. The van der Waals surface area contributed by atoms with Crippen molar-refractivity contribution in [2.45, 2.75) is 31.8 Å². The third-order valence-electron chi connectivity index (χ3n) is 4.60. The molecule has 3 N–H and O–H groups in total. The molecule has 138 valence electrons. The number of likely N-dealkylation sites (N-methyl/N-ethyl adjacent to an activating group) is 1. The van der Waals surface area contributed by atoms with Gasteiger partial charge in [0, 0.05) is 30.2 Å². The van der Waals surface area contributed by atoms with E-state index in [2.05, 4.69) is 15.7 Å². The van der Waals surface area contributed by atoms with Gasteiger partial charge in [0.2, 0.25) is 0 Å². The molecular formula is C18H23N5O3. The first-order chi connectivity index (χ1) is 12.5. The molecule has 3 rings (SSSR count). The van der Waals surface area contributed by atoms with E-state index in [-0.39, 0.29) is 24.7 Å². The van der Waals surface area contributed by atoms with E-state index in [1.54, 1.807) is 10.9 Å². The van der Waals surface area contributed by atoms with Crippen molar-refractivity contribution < 1.29 is 14.7 Å². The highest BCUT2D eigenvalue weighted by Gasteiger charge is 2.34. The number of amides is 2. The van der Waals surface area contributed by atoms with Gasteiger partial charge in [-0.3, -0.25) is 9.69 Å². The number of carbonyl (C=O) groups excluding carboxylic acids is 1. The average Bonchev–Trinajstić information content (AvgIpc) is 3.11. The summed E-state index contributed by atoms with van der Waals surface area (Å²) in [5.74, 6) is -0.820. The van der Waals surface area contributed by atoms with Crippen LogP contribution >= 0.6 is 0 Å². The minimum atomic E-state index is -0.820. The monoisotopic (exact) mass is 357 g/mol. The summed E-state index contributed by atoms with van der Waals surface area (Å²) in [7, 11) is 0. The number of aromatic nitrogens is 2. The molecule has 8 nitrogen and oxygen atoms in total. The lowest BCUT2D eigenvalue weighted by Gasteiger charge is -2.42. The van der Waals surface area contributed by atoms with Gasteiger partial charge in [-0.1, -0.05) is 6.92 Å². The van der Waals surface area contributed by atoms with Gasteiger partial charge in [0.15, 0.2) is 0 Å². The van der Waals surface area contributed by atoms with Crippen LogP contribution in [0.2, 0.25) is 0 Å². The number of aliphatic carboxylic acids is 1. The van der Waals surface area contributed by atoms with E-state index in [4.69, 9.17) is 5.11 Å². The zero-order chi connectivity index (χ0) is 18.5. The molecule has 26 heavy (non-hydrogen) atoms. The van der Waals surface area contributed by atoms with Crippen molar-refractivity contribution >= 4 is 17.7 Å². The molecule has 0 saturated heterocycles. The fraction of sp³-hybridized carbons (Fsp3) is 0.389. The summed E-state index contributed by atoms with van der Waals surface area (Å²) < 4.78 is 1.75. The molecule has 0 aliphatic heterocycles. The van der Waals surface area contributed by atoms with Crippen LogP contribution in [0.25, 0.3) is 5.69 Å². The van der Waals surface area contributed by atoms with Gasteiger partial charge in [0.05, 0.1) is 12.2 Å². The van der Waals surface area contributed by atoms with Crippen molar-refractivity contribution in [2.24, 2.45) is 0 Å². The number of benzene rings is 1. The van der Waals surface area contributed by atoms with Gasteiger partial charge in [-0.05, 0) is 49.7 Å². The number of carboxylic acids is 1. The van der Waals surface area contributed by atoms with E-state index in [0.717, 1.165) is 18.5 Å². The summed E-state index contributed by atoms with van der Waals surface area (Å²) in [6, 6.07) is 9.31. The topological polar surface area (TPSA) is 99.5 Å². The molecule has 0 radical (unpaired) electrons. The molecule has 1 aromatic carbocycles. The predicted molar refractivity (Wildman–Crippen MR) is 97.4 cm³/mol. The molecule has 1 heterocycles. The largest absolute Gasteiger partial charge is 0.480 e. The third kappa shape index (κ3) is 4.40. The molecule has 2 aromatic rings. The Morgan fingerprint density at radius 3 is 2.62 bits per heavy atom. The second kappa shape index (κ2) is 8.01. The number of hydrogen-bond acceptors (Lipinski definition) is 4. The van der Waals surface area contributed by atoms with Gasteiger partial charge in [-0.15, -0.1) is 0 Å². The Hall–Kier alpha value is -2.87. The summed E-state index contributed by atoms with van der Waals surface area (Å²) in [5, 5.41) is 18.8. The number of carboxylic acid groups (broad SMARTS) is 1. The van der Waals surface area contributed by atoms with Gasteiger partial charge in [0.1, 0.15) is 0 Å². The maximum absolute atomic E-state index is 12.1. The maximum atomic E-state index is 12.1. The van der Waals surface area contributed by atoms with Crippen LogP contribution in [0.3, 0.4) is 0 Å². The molecule has 8 heteroatoms. The highest BCUT2D eigenvalue weighted by molar-refractivity contribution is 5.89. The number of hydrogen-bond donors (Lipinski definition) is 3. The second-order valence-corrected chi connectivity index (χ2v) is 6.37. The van der Waals surface area contributed by atoms with Crippen molar-refractivity contribution in [2.75, 3.05) is 18.4 Å². The first-order valence-electron chi connectivity index (χ1n) is 8.68. The van der Waals surface area contributed by atoms with E-state index >= 15 is 0 Å². The van der Waals surface area contributed by atoms with Gasteiger partial charge in [-0.25, -0.2) is 9.48 Å². The van der Waals surface area contributed by atoms with Crippen molar-refractivity contribution in [1.29, 1.82) is 0 Å². The number of urea groups is 1. The van der Waals surface area contributed by atoms with Crippen LogP contribution in [-0.4, -0.2) is 57.0 Å². The third-order valence-corrected chi connectivity index (χ3v) is 4.60. The molecule has 0 spiro atoms.